The number of hydrogen-bond acceptors (Lipinski definition) is 12. The molecule has 0 saturated carbocycles. The van der Waals surface area contributed by atoms with Gasteiger partial charge in [-0.25, -0.2) is 0 Å². The van der Waals surface area contributed by atoms with Crippen molar-refractivity contribution >= 4 is 11.9 Å². The Kier molecular flexibility index (Phi) is 16.2. The van der Waals surface area contributed by atoms with E-state index in [-0.39, 0.29) is 57.4 Å². The van der Waals surface area contributed by atoms with E-state index in [2.05, 4.69) is 0 Å². The predicted octanol–water partition coefficient (Wildman–Crippen LogP) is 4.85. The number of carbonyl (C=O) groups excluding carboxylic acids is 2. The first-order chi connectivity index (χ1) is 23.8. The highest BCUT2D eigenvalue weighted by atomic mass is 16.6. The zero-order chi connectivity index (χ0) is 36.8. The van der Waals surface area contributed by atoms with Crippen molar-refractivity contribution < 1.29 is 58.1 Å². The highest BCUT2D eigenvalue weighted by Gasteiger charge is 2.37. The highest BCUT2D eigenvalue weighted by Crippen LogP contribution is 2.36. The fraction of sp³-hybridized carbons (Fsp3) is 0.579. The number of rotatable bonds is 19. The van der Waals surface area contributed by atoms with Crippen LogP contribution in [0.25, 0.3) is 11.1 Å². The fourth-order valence-corrected chi connectivity index (χ4v) is 5.99. The number of methoxy groups -OCH3 is 4. The number of aliphatic hydroxyl groups excluding tert-OH is 2. The van der Waals surface area contributed by atoms with Gasteiger partial charge in [0.15, 0.2) is 0 Å². The number of allylic oxidation sites excluding steroid dienone is 2. The minimum Gasteiger partial charge on any atom is -0.507 e. The molecule has 12 heteroatoms. The maximum atomic E-state index is 13.1. The standard InChI is InChI=1S/C38H54O12/c1-38(2,3)16-30(39)21-49-36(42)32-10-8-9-11-33(32)37(43)50-23-31(40)22-48-35-28(19-46-6)14-25(15-29(35)20-47-7)24-12-26(17-44-4)34(41)27(13-24)18-45-5/h8-9,12-15,30-33,39-41H,10-11,16-23H2,1-7H3. The molecule has 0 aromatic heterocycles. The van der Waals surface area contributed by atoms with Crippen LogP contribution in [0.5, 0.6) is 11.5 Å². The maximum absolute atomic E-state index is 13.1. The van der Waals surface area contributed by atoms with Crippen molar-refractivity contribution in [1.29, 1.82) is 0 Å². The minimum absolute atomic E-state index is 0.114. The van der Waals surface area contributed by atoms with Crippen molar-refractivity contribution in [3.63, 3.8) is 0 Å². The molecule has 2 aromatic carbocycles. The summed E-state index contributed by atoms with van der Waals surface area (Å²) in [7, 11) is 6.24. The van der Waals surface area contributed by atoms with Gasteiger partial charge in [0.05, 0.1) is 44.4 Å². The average Bonchev–Trinajstić information content (AvgIpc) is 3.07. The summed E-state index contributed by atoms with van der Waals surface area (Å²) in [6.07, 6.45) is 2.73. The van der Waals surface area contributed by atoms with Crippen LogP contribution in [-0.4, -0.2) is 87.7 Å². The molecule has 0 saturated heterocycles. The Morgan fingerprint density at radius 2 is 1.08 bits per heavy atom. The number of aliphatic hydroxyl groups is 2. The van der Waals surface area contributed by atoms with Gasteiger partial charge in [0.25, 0.3) is 0 Å². The summed E-state index contributed by atoms with van der Waals surface area (Å²) in [5.74, 6) is -2.13. The molecule has 3 rings (SSSR count). The molecule has 1 aliphatic carbocycles. The molecular formula is C38H54O12. The second-order valence-corrected chi connectivity index (χ2v) is 13.8. The average molecular weight is 703 g/mol. The molecule has 0 heterocycles. The number of phenols is 1. The van der Waals surface area contributed by atoms with Crippen LogP contribution in [0.1, 0.15) is 62.3 Å². The van der Waals surface area contributed by atoms with Crippen LogP contribution in [-0.2, 0) is 64.4 Å². The van der Waals surface area contributed by atoms with Crippen LogP contribution < -0.4 is 4.74 Å². The molecular weight excluding hydrogens is 648 g/mol. The number of ether oxygens (including phenoxy) is 7. The van der Waals surface area contributed by atoms with E-state index in [0.29, 0.717) is 47.3 Å². The Morgan fingerprint density at radius 3 is 1.50 bits per heavy atom. The molecule has 0 spiro atoms. The Labute approximate surface area is 295 Å². The highest BCUT2D eigenvalue weighted by molar-refractivity contribution is 5.82. The van der Waals surface area contributed by atoms with E-state index in [1.165, 1.54) is 0 Å². The van der Waals surface area contributed by atoms with Gasteiger partial charge in [-0.2, -0.15) is 0 Å². The molecule has 4 atom stereocenters. The van der Waals surface area contributed by atoms with Gasteiger partial charge in [0, 0.05) is 50.7 Å². The van der Waals surface area contributed by atoms with Gasteiger partial charge < -0.3 is 48.5 Å². The van der Waals surface area contributed by atoms with Gasteiger partial charge in [0.2, 0.25) is 0 Å². The lowest BCUT2D eigenvalue weighted by Crippen LogP contribution is -2.36. The SMILES string of the molecule is COCc1cc(-c2cc(COC)c(OCC(O)COC(=O)C3CC=CCC3C(=O)OCC(O)CC(C)(C)C)c(COC)c2)cc(COC)c1O. The number of esters is 2. The predicted molar refractivity (Wildman–Crippen MR) is 185 cm³/mol. The van der Waals surface area contributed by atoms with Crippen LogP contribution in [0, 0.1) is 17.3 Å². The van der Waals surface area contributed by atoms with E-state index in [0.717, 1.165) is 11.1 Å². The normalized spacial score (nSPS) is 17.3. The zero-order valence-corrected chi connectivity index (χ0v) is 30.4. The van der Waals surface area contributed by atoms with Gasteiger partial charge in [-0.3, -0.25) is 9.59 Å². The van der Waals surface area contributed by atoms with E-state index in [4.69, 9.17) is 33.2 Å². The van der Waals surface area contributed by atoms with Crippen molar-refractivity contribution in [2.45, 2.75) is 78.7 Å². The second kappa shape index (κ2) is 19.8. The molecule has 50 heavy (non-hydrogen) atoms. The van der Waals surface area contributed by atoms with Crippen LogP contribution in [0.15, 0.2) is 36.4 Å². The first-order valence-corrected chi connectivity index (χ1v) is 16.8. The van der Waals surface area contributed by atoms with Crippen molar-refractivity contribution in [3.05, 3.63) is 58.7 Å². The third kappa shape index (κ3) is 12.1. The largest absolute Gasteiger partial charge is 0.507 e. The van der Waals surface area contributed by atoms with Crippen molar-refractivity contribution in [1.82, 2.24) is 0 Å². The van der Waals surface area contributed by atoms with E-state index >= 15 is 0 Å². The van der Waals surface area contributed by atoms with Crippen molar-refractivity contribution in [2.75, 3.05) is 48.3 Å². The lowest BCUT2D eigenvalue weighted by molar-refractivity contribution is -0.164. The fourth-order valence-electron chi connectivity index (χ4n) is 5.99. The maximum Gasteiger partial charge on any atom is 0.310 e. The van der Waals surface area contributed by atoms with Gasteiger partial charge in [-0.1, -0.05) is 32.9 Å². The number of phenolic OH excluding ortho intramolecular Hbond substituents is 1. The van der Waals surface area contributed by atoms with Crippen LogP contribution in [0.4, 0.5) is 0 Å². The monoisotopic (exact) mass is 702 g/mol. The third-order valence-corrected chi connectivity index (χ3v) is 8.19. The lowest BCUT2D eigenvalue weighted by Gasteiger charge is -2.27. The summed E-state index contributed by atoms with van der Waals surface area (Å²) in [5.41, 5.74) is 4.11. The summed E-state index contributed by atoms with van der Waals surface area (Å²) in [4.78, 5) is 26.0. The summed E-state index contributed by atoms with van der Waals surface area (Å²) in [5, 5.41) is 31.8. The van der Waals surface area contributed by atoms with E-state index in [9.17, 15) is 24.9 Å². The third-order valence-electron chi connectivity index (χ3n) is 8.19. The van der Waals surface area contributed by atoms with E-state index in [1.54, 1.807) is 28.4 Å². The van der Waals surface area contributed by atoms with Crippen LogP contribution in [0.2, 0.25) is 0 Å². The molecule has 0 bridgehead atoms. The molecule has 0 aliphatic heterocycles. The Balaban J connectivity index is 1.71. The number of benzene rings is 2. The minimum atomic E-state index is -1.17. The molecule has 0 fully saturated rings. The summed E-state index contributed by atoms with van der Waals surface area (Å²) < 4.78 is 38.5. The topological polar surface area (TPSA) is 159 Å². The van der Waals surface area contributed by atoms with Gasteiger partial charge >= 0.3 is 11.9 Å². The zero-order valence-electron chi connectivity index (χ0n) is 30.4. The first kappa shape index (κ1) is 40.9. The van der Waals surface area contributed by atoms with E-state index in [1.807, 2.05) is 57.2 Å². The molecule has 0 radical (unpaired) electrons. The van der Waals surface area contributed by atoms with E-state index < -0.39 is 36.0 Å². The van der Waals surface area contributed by atoms with Crippen LogP contribution >= 0.6 is 0 Å². The van der Waals surface area contributed by atoms with Crippen molar-refractivity contribution in [2.24, 2.45) is 17.3 Å². The smallest absolute Gasteiger partial charge is 0.310 e. The summed E-state index contributed by atoms with van der Waals surface area (Å²) >= 11 is 0. The second-order valence-electron chi connectivity index (χ2n) is 13.8. The van der Waals surface area contributed by atoms with Crippen molar-refractivity contribution in [3.8, 4) is 22.6 Å². The Hall–Kier alpha value is -3.52. The molecule has 3 N–H and O–H groups in total. The summed E-state index contributed by atoms with van der Waals surface area (Å²) in [6, 6.07) is 7.51. The van der Waals surface area contributed by atoms with Crippen LogP contribution in [0.3, 0.4) is 0 Å². The first-order valence-electron chi connectivity index (χ1n) is 16.8. The summed E-state index contributed by atoms with van der Waals surface area (Å²) in [6.45, 7) is 6.07. The van der Waals surface area contributed by atoms with Gasteiger partial charge in [-0.15, -0.1) is 0 Å². The lowest BCUT2D eigenvalue weighted by atomic mass is 9.83. The molecule has 12 nitrogen and oxygen atoms in total. The molecule has 0 amide bonds. The molecule has 1 aliphatic rings. The number of aromatic hydroxyl groups is 1. The molecule has 4 unspecified atom stereocenters. The Morgan fingerprint density at radius 1 is 0.680 bits per heavy atom. The van der Waals surface area contributed by atoms with Gasteiger partial charge in [-0.05, 0) is 60.1 Å². The molecule has 2 aromatic rings. The quantitative estimate of drug-likeness (QED) is 0.135. The van der Waals surface area contributed by atoms with Gasteiger partial charge in [0.1, 0.15) is 37.4 Å². The Bertz CT molecular complexity index is 1380. The number of hydrogen-bond donors (Lipinski definition) is 3. The molecule has 278 valence electrons. The number of carbonyl (C=O) groups is 2.